The van der Waals surface area contributed by atoms with E-state index in [1.165, 1.54) is 18.3 Å². The number of hydrazone groups is 1. The molecule has 7 heteroatoms. The maximum Gasteiger partial charge on any atom is 0.231 e. The minimum absolute atomic E-state index is 0.0622. The van der Waals surface area contributed by atoms with Gasteiger partial charge in [-0.2, -0.15) is 5.10 Å². The molecule has 0 aliphatic carbocycles. The number of fused-ring (bicyclic) bond motifs is 1. The maximum atomic E-state index is 10.4. The van der Waals surface area contributed by atoms with Crippen LogP contribution in [0.4, 0.5) is 5.82 Å². The van der Waals surface area contributed by atoms with Crippen molar-refractivity contribution in [2.24, 2.45) is 5.10 Å². The van der Waals surface area contributed by atoms with Crippen molar-refractivity contribution in [3.05, 3.63) is 65.9 Å². The molecule has 7 nitrogen and oxygen atoms in total. The lowest BCUT2D eigenvalue weighted by atomic mass is 10.1. The number of nitrogens with one attached hydrogen (secondary N) is 1. The fourth-order valence-electron chi connectivity index (χ4n) is 2.61. The summed E-state index contributed by atoms with van der Waals surface area (Å²) in [5, 5.41) is 24.7. The zero-order chi connectivity index (χ0) is 18.8. The lowest BCUT2D eigenvalue weighted by Gasteiger charge is -2.05. The second-order valence-electron chi connectivity index (χ2n) is 6.00. The van der Waals surface area contributed by atoms with Crippen molar-refractivity contribution in [1.82, 2.24) is 9.97 Å². The predicted molar refractivity (Wildman–Crippen MR) is 103 cm³/mol. The first kappa shape index (κ1) is 16.6. The second kappa shape index (κ2) is 6.80. The van der Waals surface area contributed by atoms with Gasteiger partial charge in [-0.15, -0.1) is 0 Å². The maximum absolute atomic E-state index is 10.4. The highest BCUT2D eigenvalue weighted by molar-refractivity contribution is 5.87. The Bertz CT molecular complexity index is 1140. The summed E-state index contributed by atoms with van der Waals surface area (Å²) in [6.45, 7) is 1.96. The Hall–Kier alpha value is -3.87. The standard InChI is InChI=1S/C20H16N4O3/c1-12-5-6-15-18(8-12)27-20(23-15)14-10-16(25)13(9-17(14)26)11-22-24-19-4-2-3-7-21-19/h2-11,25-26H,1H3,(H,21,24)/b22-11+. The molecular formula is C20H16N4O3. The van der Waals surface area contributed by atoms with Gasteiger partial charge in [-0.1, -0.05) is 12.1 Å². The van der Waals surface area contributed by atoms with E-state index < -0.39 is 0 Å². The number of phenolic OH excluding ortho intramolecular Hbond substituents is 2. The summed E-state index contributed by atoms with van der Waals surface area (Å²) >= 11 is 0. The van der Waals surface area contributed by atoms with Gasteiger partial charge in [0.1, 0.15) is 22.8 Å². The summed E-state index contributed by atoms with van der Waals surface area (Å²) in [6, 6.07) is 13.8. The van der Waals surface area contributed by atoms with Crippen LogP contribution in [0.3, 0.4) is 0 Å². The molecule has 0 saturated carbocycles. The van der Waals surface area contributed by atoms with Crippen molar-refractivity contribution < 1.29 is 14.6 Å². The SMILES string of the molecule is Cc1ccc2nc(-c3cc(O)c(/C=N/Nc4ccccn4)cc3O)oc2c1. The number of anilines is 1. The van der Waals surface area contributed by atoms with Gasteiger partial charge >= 0.3 is 0 Å². The van der Waals surface area contributed by atoms with Crippen LogP contribution >= 0.6 is 0 Å². The van der Waals surface area contributed by atoms with Crippen LogP contribution in [0.5, 0.6) is 11.5 Å². The Morgan fingerprint density at radius 1 is 1.07 bits per heavy atom. The smallest absolute Gasteiger partial charge is 0.231 e. The Morgan fingerprint density at radius 2 is 1.96 bits per heavy atom. The molecule has 0 aliphatic heterocycles. The molecule has 27 heavy (non-hydrogen) atoms. The molecule has 2 aromatic carbocycles. The van der Waals surface area contributed by atoms with E-state index in [2.05, 4.69) is 20.5 Å². The molecule has 3 N–H and O–H groups in total. The van der Waals surface area contributed by atoms with Crippen LogP contribution in [0.25, 0.3) is 22.6 Å². The molecule has 0 atom stereocenters. The summed E-state index contributed by atoms with van der Waals surface area (Å²) in [7, 11) is 0. The Morgan fingerprint density at radius 3 is 2.78 bits per heavy atom. The third-order valence-corrected chi connectivity index (χ3v) is 3.97. The second-order valence-corrected chi connectivity index (χ2v) is 6.00. The van der Waals surface area contributed by atoms with Crippen LogP contribution in [0, 0.1) is 6.92 Å². The van der Waals surface area contributed by atoms with Crippen molar-refractivity contribution in [3.8, 4) is 23.0 Å². The van der Waals surface area contributed by atoms with Crippen molar-refractivity contribution in [1.29, 1.82) is 0 Å². The third-order valence-electron chi connectivity index (χ3n) is 3.97. The van der Waals surface area contributed by atoms with Gasteiger partial charge in [-0.25, -0.2) is 9.97 Å². The first-order valence-corrected chi connectivity index (χ1v) is 8.24. The number of oxazole rings is 1. The number of hydrogen-bond acceptors (Lipinski definition) is 7. The zero-order valence-corrected chi connectivity index (χ0v) is 14.4. The summed E-state index contributed by atoms with van der Waals surface area (Å²) in [5.74, 6) is 0.664. The average molecular weight is 360 g/mol. The topological polar surface area (TPSA) is 104 Å². The number of aromatic nitrogens is 2. The highest BCUT2D eigenvalue weighted by Gasteiger charge is 2.15. The lowest BCUT2D eigenvalue weighted by Crippen LogP contribution is -1.93. The predicted octanol–water partition coefficient (Wildman–Crippen LogP) is 4.06. The van der Waals surface area contributed by atoms with Gasteiger partial charge in [0, 0.05) is 11.8 Å². The minimum Gasteiger partial charge on any atom is -0.507 e. The van der Waals surface area contributed by atoms with Crippen LogP contribution in [0.1, 0.15) is 11.1 Å². The van der Waals surface area contributed by atoms with E-state index in [0.717, 1.165) is 5.56 Å². The van der Waals surface area contributed by atoms with Crippen LogP contribution in [0.2, 0.25) is 0 Å². The first-order valence-electron chi connectivity index (χ1n) is 8.24. The third kappa shape index (κ3) is 3.43. The molecule has 0 amide bonds. The number of rotatable bonds is 4. The molecule has 0 fully saturated rings. The molecule has 2 heterocycles. The highest BCUT2D eigenvalue weighted by Crippen LogP contribution is 2.35. The summed E-state index contributed by atoms with van der Waals surface area (Å²) < 4.78 is 5.71. The Labute approximate surface area is 154 Å². The monoisotopic (exact) mass is 360 g/mol. The van der Waals surface area contributed by atoms with E-state index in [4.69, 9.17) is 4.42 Å². The van der Waals surface area contributed by atoms with Gasteiger partial charge in [0.15, 0.2) is 5.58 Å². The van der Waals surface area contributed by atoms with Gasteiger partial charge in [-0.05, 0) is 48.9 Å². The lowest BCUT2D eigenvalue weighted by molar-refractivity contribution is 0.458. The van der Waals surface area contributed by atoms with Crippen LogP contribution in [-0.4, -0.2) is 26.4 Å². The molecule has 2 aromatic heterocycles. The van der Waals surface area contributed by atoms with E-state index in [1.807, 2.05) is 31.2 Å². The fraction of sp³-hybridized carbons (Fsp3) is 0.0500. The normalized spacial score (nSPS) is 11.3. The van der Waals surface area contributed by atoms with E-state index in [0.29, 0.717) is 28.0 Å². The Kier molecular flexibility index (Phi) is 4.18. The average Bonchev–Trinajstić information content (AvgIpc) is 3.08. The molecule has 0 saturated heterocycles. The van der Waals surface area contributed by atoms with Crippen molar-refractivity contribution >= 4 is 23.1 Å². The van der Waals surface area contributed by atoms with Gasteiger partial charge in [0.2, 0.25) is 5.89 Å². The number of hydrogen-bond donors (Lipinski definition) is 3. The van der Waals surface area contributed by atoms with Crippen molar-refractivity contribution in [2.75, 3.05) is 5.43 Å². The molecule has 0 spiro atoms. The van der Waals surface area contributed by atoms with Crippen molar-refractivity contribution in [3.63, 3.8) is 0 Å². The minimum atomic E-state index is -0.0737. The number of pyridine rings is 1. The van der Waals surface area contributed by atoms with Gasteiger partial charge in [-0.3, -0.25) is 5.43 Å². The highest BCUT2D eigenvalue weighted by atomic mass is 16.3. The van der Waals surface area contributed by atoms with Crippen LogP contribution in [-0.2, 0) is 0 Å². The van der Waals surface area contributed by atoms with Gasteiger partial charge < -0.3 is 14.6 Å². The van der Waals surface area contributed by atoms with E-state index in [9.17, 15) is 10.2 Å². The van der Waals surface area contributed by atoms with Gasteiger partial charge in [0.25, 0.3) is 0 Å². The molecule has 134 valence electrons. The number of nitrogens with zero attached hydrogens (tertiary/aromatic N) is 3. The van der Waals surface area contributed by atoms with Crippen LogP contribution < -0.4 is 5.43 Å². The molecular weight excluding hydrogens is 344 g/mol. The van der Waals surface area contributed by atoms with Gasteiger partial charge in [0.05, 0.1) is 11.8 Å². The molecule has 4 aromatic rings. The number of aromatic hydroxyl groups is 2. The number of benzene rings is 2. The molecule has 0 bridgehead atoms. The van der Waals surface area contributed by atoms with E-state index in [-0.39, 0.29) is 17.4 Å². The van der Waals surface area contributed by atoms with E-state index >= 15 is 0 Å². The number of aryl methyl sites for hydroxylation is 1. The zero-order valence-electron chi connectivity index (χ0n) is 14.4. The van der Waals surface area contributed by atoms with E-state index in [1.54, 1.807) is 18.3 Å². The van der Waals surface area contributed by atoms with Crippen molar-refractivity contribution in [2.45, 2.75) is 6.92 Å². The summed E-state index contributed by atoms with van der Waals surface area (Å²) in [5.41, 5.74) is 5.73. The fourth-order valence-corrected chi connectivity index (χ4v) is 2.61. The van der Waals surface area contributed by atoms with Crippen LogP contribution in [0.15, 0.2) is 64.2 Å². The summed E-state index contributed by atoms with van der Waals surface area (Å²) in [4.78, 5) is 8.44. The molecule has 4 rings (SSSR count). The molecule has 0 aliphatic rings. The molecule has 0 radical (unpaired) electrons. The first-order chi connectivity index (χ1) is 13.1. The quantitative estimate of drug-likeness (QED) is 0.288. The summed E-state index contributed by atoms with van der Waals surface area (Å²) in [6.07, 6.45) is 3.03. The Balaban J connectivity index is 1.63. The molecule has 0 unspecified atom stereocenters. The largest absolute Gasteiger partial charge is 0.507 e. The number of phenols is 2.